The summed E-state index contributed by atoms with van der Waals surface area (Å²) in [5.41, 5.74) is 5.40. The summed E-state index contributed by atoms with van der Waals surface area (Å²) in [6, 6.07) is 0. The van der Waals surface area contributed by atoms with Crippen LogP contribution in [0.3, 0.4) is 0 Å². The lowest BCUT2D eigenvalue weighted by Gasteiger charge is -2.23. The molecule has 0 atom stereocenters. The van der Waals surface area contributed by atoms with E-state index in [-0.39, 0.29) is 37.7 Å². The van der Waals surface area contributed by atoms with Crippen molar-refractivity contribution in [2.24, 2.45) is 5.73 Å². The van der Waals surface area contributed by atoms with Crippen molar-refractivity contribution in [1.29, 1.82) is 0 Å². The molecule has 5 heteroatoms. The molecule has 0 spiro atoms. The van der Waals surface area contributed by atoms with Crippen molar-refractivity contribution in [3.63, 3.8) is 0 Å². The highest BCUT2D eigenvalue weighted by Gasteiger charge is 2.17. The van der Waals surface area contributed by atoms with Gasteiger partial charge in [0.15, 0.2) is 0 Å². The van der Waals surface area contributed by atoms with Crippen LogP contribution in [0, 0.1) is 0 Å². The zero-order valence-electron chi connectivity index (χ0n) is 9.57. The Balaban J connectivity index is 4.02. The number of amides is 1. The fraction of sp³-hybridized carbons (Fsp3) is 0.900. The fourth-order valence-corrected chi connectivity index (χ4v) is 1.19. The molecule has 0 aliphatic heterocycles. The Labute approximate surface area is 90.9 Å². The first-order chi connectivity index (χ1) is 6.90. The highest BCUT2D eigenvalue weighted by atomic mass is 16.3. The Kier molecular flexibility index (Phi) is 6.47. The van der Waals surface area contributed by atoms with Gasteiger partial charge >= 0.3 is 0 Å². The van der Waals surface area contributed by atoms with Gasteiger partial charge in [0.2, 0.25) is 5.91 Å². The minimum Gasteiger partial charge on any atom is -0.395 e. The van der Waals surface area contributed by atoms with Crippen LogP contribution in [0.5, 0.6) is 0 Å². The molecular formula is C10H22N2O3. The standard InChI is InChI=1S/C10H22N2O3/c1-10(2,11)4-3-9(15)12(5-7-13)6-8-14/h13-14H,3-8,11H2,1-2H3. The normalized spacial score (nSPS) is 11.5. The fourth-order valence-electron chi connectivity index (χ4n) is 1.19. The van der Waals surface area contributed by atoms with Crippen molar-refractivity contribution in [2.45, 2.75) is 32.2 Å². The third kappa shape index (κ3) is 7.30. The molecule has 1 amide bonds. The van der Waals surface area contributed by atoms with Gasteiger partial charge < -0.3 is 20.8 Å². The number of aliphatic hydroxyl groups is 2. The molecule has 0 fully saturated rings. The lowest BCUT2D eigenvalue weighted by atomic mass is 10.00. The molecule has 0 heterocycles. The Morgan fingerprint density at radius 3 is 2.07 bits per heavy atom. The van der Waals surface area contributed by atoms with Crippen LogP contribution in [-0.4, -0.2) is 52.9 Å². The number of nitrogens with two attached hydrogens (primary N) is 1. The number of carbonyl (C=O) groups excluding carboxylic acids is 1. The van der Waals surface area contributed by atoms with Crippen LogP contribution < -0.4 is 5.73 Å². The Morgan fingerprint density at radius 2 is 1.73 bits per heavy atom. The highest BCUT2D eigenvalue weighted by Crippen LogP contribution is 2.08. The molecule has 0 aliphatic rings. The molecule has 0 saturated carbocycles. The van der Waals surface area contributed by atoms with E-state index in [1.54, 1.807) is 0 Å². The predicted molar refractivity (Wildman–Crippen MR) is 58.3 cm³/mol. The Morgan fingerprint density at radius 1 is 1.27 bits per heavy atom. The molecule has 0 saturated heterocycles. The van der Waals surface area contributed by atoms with Crippen LogP contribution in [-0.2, 0) is 4.79 Å². The average molecular weight is 218 g/mol. The topological polar surface area (TPSA) is 86.8 Å². The van der Waals surface area contributed by atoms with Crippen LogP contribution in [0.1, 0.15) is 26.7 Å². The Bertz CT molecular complexity index is 184. The van der Waals surface area contributed by atoms with Gasteiger partial charge in [0, 0.05) is 25.0 Å². The summed E-state index contributed by atoms with van der Waals surface area (Å²) in [5.74, 6) is -0.0726. The van der Waals surface area contributed by atoms with Crippen molar-refractivity contribution in [3.8, 4) is 0 Å². The molecule has 0 unspecified atom stereocenters. The minimum atomic E-state index is -0.361. The van der Waals surface area contributed by atoms with Gasteiger partial charge in [-0.15, -0.1) is 0 Å². The molecule has 0 aliphatic carbocycles. The van der Waals surface area contributed by atoms with Crippen molar-refractivity contribution < 1.29 is 15.0 Å². The monoisotopic (exact) mass is 218 g/mol. The summed E-state index contributed by atoms with van der Waals surface area (Å²) in [6.45, 7) is 4.09. The smallest absolute Gasteiger partial charge is 0.222 e. The van der Waals surface area contributed by atoms with Crippen LogP contribution in [0.2, 0.25) is 0 Å². The van der Waals surface area contributed by atoms with E-state index in [0.717, 1.165) is 0 Å². The molecular weight excluding hydrogens is 196 g/mol. The predicted octanol–water partition coefficient (Wildman–Crippen LogP) is -0.683. The van der Waals surface area contributed by atoms with E-state index in [2.05, 4.69) is 0 Å². The minimum absolute atomic E-state index is 0.0726. The number of nitrogens with zero attached hydrogens (tertiary/aromatic N) is 1. The van der Waals surface area contributed by atoms with E-state index >= 15 is 0 Å². The van der Waals surface area contributed by atoms with Crippen LogP contribution in [0.25, 0.3) is 0 Å². The van der Waals surface area contributed by atoms with E-state index < -0.39 is 0 Å². The molecule has 15 heavy (non-hydrogen) atoms. The van der Waals surface area contributed by atoms with Gasteiger partial charge in [0.1, 0.15) is 0 Å². The quantitative estimate of drug-likeness (QED) is 0.528. The van der Waals surface area contributed by atoms with Crippen LogP contribution in [0.4, 0.5) is 0 Å². The SMILES string of the molecule is CC(C)(N)CCC(=O)N(CCO)CCO. The van der Waals surface area contributed by atoms with Gasteiger partial charge in [-0.25, -0.2) is 0 Å². The van der Waals surface area contributed by atoms with E-state index in [4.69, 9.17) is 15.9 Å². The maximum Gasteiger partial charge on any atom is 0.222 e. The number of hydrogen-bond donors (Lipinski definition) is 3. The summed E-state index contributed by atoms with van der Waals surface area (Å²) in [5, 5.41) is 17.5. The molecule has 90 valence electrons. The number of aliphatic hydroxyl groups excluding tert-OH is 2. The molecule has 0 bridgehead atoms. The second-order valence-corrected chi connectivity index (χ2v) is 4.32. The first-order valence-corrected chi connectivity index (χ1v) is 5.19. The van der Waals surface area contributed by atoms with E-state index in [1.165, 1.54) is 4.90 Å². The molecule has 0 radical (unpaired) electrons. The third-order valence-corrected chi connectivity index (χ3v) is 2.08. The maximum absolute atomic E-state index is 11.6. The lowest BCUT2D eigenvalue weighted by Crippen LogP contribution is -2.38. The van der Waals surface area contributed by atoms with Gasteiger partial charge in [-0.3, -0.25) is 4.79 Å². The van der Waals surface area contributed by atoms with E-state index in [9.17, 15) is 4.79 Å². The first kappa shape index (κ1) is 14.3. The lowest BCUT2D eigenvalue weighted by molar-refractivity contribution is -0.132. The van der Waals surface area contributed by atoms with Gasteiger partial charge in [0.05, 0.1) is 13.2 Å². The van der Waals surface area contributed by atoms with Gasteiger partial charge in [-0.05, 0) is 20.3 Å². The van der Waals surface area contributed by atoms with E-state index in [1.807, 2.05) is 13.8 Å². The van der Waals surface area contributed by atoms with Crippen molar-refractivity contribution >= 4 is 5.91 Å². The molecule has 0 aromatic rings. The van der Waals surface area contributed by atoms with Gasteiger partial charge in [-0.1, -0.05) is 0 Å². The van der Waals surface area contributed by atoms with Gasteiger partial charge in [0.25, 0.3) is 0 Å². The number of carbonyl (C=O) groups is 1. The summed E-state index contributed by atoms with van der Waals surface area (Å²) in [4.78, 5) is 13.1. The van der Waals surface area contributed by atoms with Crippen molar-refractivity contribution in [3.05, 3.63) is 0 Å². The molecule has 5 nitrogen and oxygen atoms in total. The number of hydrogen-bond acceptors (Lipinski definition) is 4. The molecule has 0 rings (SSSR count). The second-order valence-electron chi connectivity index (χ2n) is 4.32. The maximum atomic E-state index is 11.6. The van der Waals surface area contributed by atoms with Gasteiger partial charge in [-0.2, -0.15) is 0 Å². The van der Waals surface area contributed by atoms with Crippen LogP contribution in [0.15, 0.2) is 0 Å². The first-order valence-electron chi connectivity index (χ1n) is 5.19. The van der Waals surface area contributed by atoms with Crippen molar-refractivity contribution in [2.75, 3.05) is 26.3 Å². The number of rotatable bonds is 7. The average Bonchev–Trinajstić information content (AvgIpc) is 2.13. The van der Waals surface area contributed by atoms with Crippen molar-refractivity contribution in [1.82, 2.24) is 4.90 Å². The Hall–Kier alpha value is -0.650. The third-order valence-electron chi connectivity index (χ3n) is 2.08. The zero-order valence-corrected chi connectivity index (χ0v) is 9.57. The molecule has 0 aromatic carbocycles. The highest BCUT2D eigenvalue weighted by molar-refractivity contribution is 5.76. The zero-order chi connectivity index (χ0) is 11.9. The summed E-state index contributed by atoms with van der Waals surface area (Å²) in [7, 11) is 0. The summed E-state index contributed by atoms with van der Waals surface area (Å²) >= 11 is 0. The second kappa shape index (κ2) is 6.76. The van der Waals surface area contributed by atoms with E-state index in [0.29, 0.717) is 12.8 Å². The molecule has 4 N–H and O–H groups in total. The van der Waals surface area contributed by atoms with Crippen LogP contribution >= 0.6 is 0 Å². The summed E-state index contributed by atoms with van der Waals surface area (Å²) in [6.07, 6.45) is 0.947. The molecule has 0 aromatic heterocycles. The largest absolute Gasteiger partial charge is 0.395 e. The summed E-state index contributed by atoms with van der Waals surface area (Å²) < 4.78 is 0.